The van der Waals surface area contributed by atoms with Gasteiger partial charge in [0.15, 0.2) is 5.75 Å². The first-order valence-corrected chi connectivity index (χ1v) is 8.13. The molecule has 0 bridgehead atoms. The molecule has 0 spiro atoms. The second kappa shape index (κ2) is 6.86. The van der Waals surface area contributed by atoms with Crippen LogP contribution in [-0.2, 0) is 10.0 Å². The lowest BCUT2D eigenvalue weighted by Crippen LogP contribution is -2.29. The fraction of sp³-hybridized carbons (Fsp3) is 0.385. The van der Waals surface area contributed by atoms with Crippen LogP contribution in [0.5, 0.6) is 5.75 Å². The Hall–Kier alpha value is -1.97. The van der Waals surface area contributed by atoms with Crippen molar-refractivity contribution in [3.05, 3.63) is 40.0 Å². The molecule has 1 aromatic rings. The van der Waals surface area contributed by atoms with Gasteiger partial charge >= 0.3 is 5.69 Å². The van der Waals surface area contributed by atoms with Crippen LogP contribution in [0.3, 0.4) is 0 Å². The first-order chi connectivity index (χ1) is 10.4. The summed E-state index contributed by atoms with van der Waals surface area (Å²) in [7, 11) is -2.49. The minimum atomic E-state index is -3.75. The average molecular weight is 327 g/mol. The third kappa shape index (κ3) is 3.81. The highest BCUT2D eigenvalue weighted by molar-refractivity contribution is 7.89. The zero-order valence-electron chi connectivity index (χ0n) is 12.0. The van der Waals surface area contributed by atoms with E-state index >= 15 is 0 Å². The first kappa shape index (κ1) is 16.4. The number of nitrogens with zero attached hydrogens (tertiary/aromatic N) is 1. The van der Waals surface area contributed by atoms with E-state index in [-0.39, 0.29) is 22.9 Å². The van der Waals surface area contributed by atoms with Crippen LogP contribution in [0.15, 0.2) is 34.7 Å². The number of nitro groups is 1. The summed E-state index contributed by atoms with van der Waals surface area (Å²) in [5.74, 6) is -0.0889. The maximum Gasteiger partial charge on any atom is 0.310 e. The Morgan fingerprint density at radius 3 is 2.82 bits per heavy atom. The Bertz CT molecular complexity index is 700. The summed E-state index contributed by atoms with van der Waals surface area (Å²) in [5.41, 5.74) is 0.735. The third-order valence-electron chi connectivity index (χ3n) is 3.31. The van der Waals surface area contributed by atoms with Crippen molar-refractivity contribution in [2.45, 2.75) is 11.3 Å². The molecular weight excluding hydrogens is 310 g/mol. The average Bonchev–Trinajstić information content (AvgIpc) is 2.53. The highest BCUT2D eigenvalue weighted by Gasteiger charge is 2.21. The first-order valence-electron chi connectivity index (χ1n) is 6.65. The van der Waals surface area contributed by atoms with Gasteiger partial charge in [0.2, 0.25) is 10.0 Å². The lowest BCUT2D eigenvalue weighted by atomic mass is 10.1. The Labute approximate surface area is 128 Å². The number of hydrogen-bond donors (Lipinski definition) is 2. The number of methoxy groups -OCH3 is 1. The molecule has 0 saturated heterocycles. The summed E-state index contributed by atoms with van der Waals surface area (Å²) in [4.78, 5) is 10.1. The van der Waals surface area contributed by atoms with Crippen LogP contribution in [0.2, 0.25) is 0 Å². The number of benzene rings is 1. The second-order valence-corrected chi connectivity index (χ2v) is 6.50. The molecule has 1 aromatic carbocycles. The highest BCUT2D eigenvalue weighted by Crippen LogP contribution is 2.29. The molecule has 0 aliphatic carbocycles. The van der Waals surface area contributed by atoms with Crippen LogP contribution in [-0.4, -0.2) is 40.1 Å². The van der Waals surface area contributed by atoms with Crippen molar-refractivity contribution in [2.24, 2.45) is 0 Å². The summed E-state index contributed by atoms with van der Waals surface area (Å²) < 4.78 is 31.9. The molecule has 2 rings (SSSR count). The molecule has 0 radical (unpaired) electrons. The smallest absolute Gasteiger partial charge is 0.310 e. The quantitative estimate of drug-likeness (QED) is 0.454. The van der Waals surface area contributed by atoms with E-state index in [9.17, 15) is 18.5 Å². The van der Waals surface area contributed by atoms with Crippen molar-refractivity contribution in [1.29, 1.82) is 0 Å². The summed E-state index contributed by atoms with van der Waals surface area (Å²) in [5, 5.41) is 14.0. The Kier molecular flexibility index (Phi) is 5.11. The molecule has 1 aliphatic rings. The topological polar surface area (TPSA) is 111 Å². The predicted octanol–water partition coefficient (Wildman–Crippen LogP) is 0.801. The Balaban J connectivity index is 2.18. The van der Waals surface area contributed by atoms with Crippen molar-refractivity contribution < 1.29 is 18.1 Å². The molecule has 0 unspecified atom stereocenters. The SMILES string of the molecule is COc1cc(S(=O)(=O)NCC2=CCNCC2)ccc1[N+](=O)[O-]. The van der Waals surface area contributed by atoms with Crippen LogP contribution < -0.4 is 14.8 Å². The van der Waals surface area contributed by atoms with Crippen molar-refractivity contribution in [1.82, 2.24) is 10.0 Å². The van der Waals surface area contributed by atoms with Crippen molar-refractivity contribution in [3.8, 4) is 5.75 Å². The molecule has 0 atom stereocenters. The molecule has 22 heavy (non-hydrogen) atoms. The number of nitro benzene ring substituents is 1. The molecular formula is C13H17N3O5S. The van der Waals surface area contributed by atoms with Gasteiger partial charge in [0.25, 0.3) is 0 Å². The van der Waals surface area contributed by atoms with Gasteiger partial charge in [0.05, 0.1) is 16.9 Å². The molecule has 0 amide bonds. The molecule has 120 valence electrons. The van der Waals surface area contributed by atoms with Gasteiger partial charge in [0.1, 0.15) is 0 Å². The Morgan fingerprint density at radius 1 is 1.45 bits per heavy atom. The molecule has 1 heterocycles. The van der Waals surface area contributed by atoms with Crippen molar-refractivity contribution >= 4 is 15.7 Å². The van der Waals surface area contributed by atoms with Crippen LogP contribution in [0, 0.1) is 10.1 Å². The zero-order chi connectivity index (χ0) is 16.2. The minimum absolute atomic E-state index is 0.0653. The zero-order valence-corrected chi connectivity index (χ0v) is 12.9. The normalized spacial score (nSPS) is 15.2. The van der Waals surface area contributed by atoms with Crippen LogP contribution in [0.25, 0.3) is 0 Å². The summed E-state index contributed by atoms with van der Waals surface area (Å²) in [6.45, 7) is 1.77. The standard InChI is InChI=1S/C13H17N3O5S/c1-21-13-8-11(2-3-12(13)16(17)18)22(19,20)15-9-10-4-6-14-7-5-10/h2-4,8,14-15H,5-7,9H2,1H3. The van der Waals surface area contributed by atoms with Crippen LogP contribution in [0.1, 0.15) is 6.42 Å². The van der Waals surface area contributed by atoms with Crippen LogP contribution >= 0.6 is 0 Å². The second-order valence-electron chi connectivity index (χ2n) is 4.73. The monoisotopic (exact) mass is 327 g/mol. The lowest BCUT2D eigenvalue weighted by Gasteiger charge is -2.15. The number of sulfonamides is 1. The molecule has 9 heteroatoms. The van der Waals surface area contributed by atoms with Crippen molar-refractivity contribution in [3.63, 3.8) is 0 Å². The predicted molar refractivity (Wildman–Crippen MR) is 80.4 cm³/mol. The van der Waals surface area contributed by atoms with Crippen LogP contribution in [0.4, 0.5) is 5.69 Å². The van der Waals surface area contributed by atoms with Gasteiger partial charge in [-0.1, -0.05) is 11.6 Å². The number of hydrogen-bond acceptors (Lipinski definition) is 6. The van der Waals surface area contributed by atoms with E-state index in [1.165, 1.54) is 13.2 Å². The largest absolute Gasteiger partial charge is 0.490 e. The van der Waals surface area contributed by atoms with E-state index in [4.69, 9.17) is 4.74 Å². The summed E-state index contributed by atoms with van der Waals surface area (Å²) >= 11 is 0. The van der Waals surface area contributed by atoms with Gasteiger partial charge in [-0.15, -0.1) is 0 Å². The molecule has 0 saturated carbocycles. The molecule has 0 fully saturated rings. The van der Waals surface area contributed by atoms with E-state index in [0.29, 0.717) is 0 Å². The summed E-state index contributed by atoms with van der Waals surface area (Å²) in [6, 6.07) is 3.47. The van der Waals surface area contributed by atoms with E-state index in [1.807, 2.05) is 6.08 Å². The van der Waals surface area contributed by atoms with Gasteiger partial charge in [-0.05, 0) is 19.0 Å². The highest BCUT2D eigenvalue weighted by atomic mass is 32.2. The third-order valence-corrected chi connectivity index (χ3v) is 4.70. The number of rotatable bonds is 6. The number of nitrogens with one attached hydrogen (secondary N) is 2. The van der Waals surface area contributed by atoms with E-state index in [2.05, 4.69) is 10.0 Å². The Morgan fingerprint density at radius 2 is 2.23 bits per heavy atom. The molecule has 8 nitrogen and oxygen atoms in total. The van der Waals surface area contributed by atoms with E-state index in [1.54, 1.807) is 0 Å². The van der Waals surface area contributed by atoms with Gasteiger partial charge in [-0.3, -0.25) is 10.1 Å². The fourth-order valence-corrected chi connectivity index (χ4v) is 3.13. The minimum Gasteiger partial charge on any atom is -0.490 e. The van der Waals surface area contributed by atoms with Gasteiger partial charge in [0, 0.05) is 25.2 Å². The van der Waals surface area contributed by atoms with E-state index in [0.717, 1.165) is 37.2 Å². The van der Waals surface area contributed by atoms with Gasteiger partial charge in [-0.25, -0.2) is 13.1 Å². The number of ether oxygens (including phenoxy) is 1. The molecule has 0 aromatic heterocycles. The molecule has 1 aliphatic heterocycles. The van der Waals surface area contributed by atoms with Gasteiger partial charge in [-0.2, -0.15) is 0 Å². The van der Waals surface area contributed by atoms with Gasteiger partial charge < -0.3 is 10.1 Å². The fourth-order valence-electron chi connectivity index (χ4n) is 2.08. The summed E-state index contributed by atoms with van der Waals surface area (Å²) in [6.07, 6.45) is 2.73. The maximum absolute atomic E-state index is 12.2. The van der Waals surface area contributed by atoms with Crippen molar-refractivity contribution in [2.75, 3.05) is 26.7 Å². The molecule has 2 N–H and O–H groups in total. The van der Waals surface area contributed by atoms with E-state index < -0.39 is 14.9 Å². The maximum atomic E-state index is 12.2. The lowest BCUT2D eigenvalue weighted by molar-refractivity contribution is -0.385.